The number of hydrogen-bond acceptors (Lipinski definition) is 4. The molecular formula is C9H12FNO3. The minimum absolute atomic E-state index is 0.121. The lowest BCUT2D eigenvalue weighted by Gasteiger charge is -2.10. The number of benzene rings is 1. The second kappa shape index (κ2) is 4.78. The molecule has 0 heterocycles. The van der Waals surface area contributed by atoms with Gasteiger partial charge in [0.2, 0.25) is 0 Å². The van der Waals surface area contributed by atoms with Crippen molar-refractivity contribution < 1.29 is 19.1 Å². The summed E-state index contributed by atoms with van der Waals surface area (Å²) >= 11 is 0. The first-order valence-corrected chi connectivity index (χ1v) is 4.00. The molecule has 0 radical (unpaired) electrons. The Balaban J connectivity index is 3.11. The molecule has 4 nitrogen and oxygen atoms in total. The maximum atomic E-state index is 13.2. The van der Waals surface area contributed by atoms with Crippen molar-refractivity contribution >= 4 is 0 Å². The van der Waals surface area contributed by atoms with Crippen molar-refractivity contribution in [1.29, 1.82) is 0 Å². The van der Waals surface area contributed by atoms with Gasteiger partial charge < -0.3 is 14.7 Å². The highest BCUT2D eigenvalue weighted by molar-refractivity contribution is 5.41. The third-order valence-corrected chi connectivity index (χ3v) is 1.82. The summed E-state index contributed by atoms with van der Waals surface area (Å²) < 4.78 is 22.9. The monoisotopic (exact) mass is 201 g/mol. The van der Waals surface area contributed by atoms with E-state index in [4.69, 9.17) is 14.7 Å². The van der Waals surface area contributed by atoms with Crippen molar-refractivity contribution in [2.45, 2.75) is 6.54 Å². The molecule has 1 aromatic rings. The summed E-state index contributed by atoms with van der Waals surface area (Å²) in [7, 11) is 2.81. The summed E-state index contributed by atoms with van der Waals surface area (Å²) in [4.78, 5) is 0. The van der Waals surface area contributed by atoms with E-state index >= 15 is 0 Å². The Morgan fingerprint density at radius 3 is 2.43 bits per heavy atom. The molecule has 0 amide bonds. The normalized spacial score (nSPS) is 10.0. The molecule has 0 aliphatic carbocycles. The van der Waals surface area contributed by atoms with E-state index in [9.17, 15) is 4.39 Å². The first kappa shape index (κ1) is 10.7. The quantitative estimate of drug-likeness (QED) is 0.721. The van der Waals surface area contributed by atoms with Crippen molar-refractivity contribution in [3.05, 3.63) is 23.5 Å². The maximum Gasteiger partial charge on any atom is 0.168 e. The number of methoxy groups -OCH3 is 2. The summed E-state index contributed by atoms with van der Waals surface area (Å²) in [5, 5.41) is 8.53. The lowest BCUT2D eigenvalue weighted by molar-refractivity contribution is 0.160. The van der Waals surface area contributed by atoms with E-state index in [2.05, 4.69) is 0 Å². The number of hydrogen-bond donors (Lipinski definition) is 2. The molecule has 0 saturated carbocycles. The van der Waals surface area contributed by atoms with E-state index in [0.29, 0.717) is 11.3 Å². The molecule has 0 aliphatic heterocycles. The zero-order valence-electron chi connectivity index (χ0n) is 8.00. The molecule has 0 aliphatic rings. The van der Waals surface area contributed by atoms with Gasteiger partial charge in [0.25, 0.3) is 0 Å². The van der Waals surface area contributed by atoms with E-state index < -0.39 is 5.82 Å². The van der Waals surface area contributed by atoms with Crippen LogP contribution in [-0.2, 0) is 6.54 Å². The molecule has 0 atom stereocenters. The van der Waals surface area contributed by atoms with Gasteiger partial charge in [-0.15, -0.1) is 0 Å². The minimum Gasteiger partial charge on any atom is -0.496 e. The van der Waals surface area contributed by atoms with Gasteiger partial charge in [-0.25, -0.2) is 9.87 Å². The Hall–Kier alpha value is -1.33. The molecule has 0 aromatic heterocycles. The van der Waals surface area contributed by atoms with Crippen molar-refractivity contribution in [2.75, 3.05) is 14.2 Å². The standard InChI is InChI=1S/C9H12FNO3/c1-13-8-4-7(10)9(14-2)3-6(8)5-11-12/h3-4,11-12H,5H2,1-2H3. The van der Waals surface area contributed by atoms with Crippen LogP contribution in [0, 0.1) is 5.82 Å². The average molecular weight is 201 g/mol. The Kier molecular flexibility index (Phi) is 3.67. The molecule has 2 N–H and O–H groups in total. The molecule has 0 unspecified atom stereocenters. The largest absolute Gasteiger partial charge is 0.496 e. The topological polar surface area (TPSA) is 50.7 Å². The summed E-state index contributed by atoms with van der Waals surface area (Å²) in [5.74, 6) is -0.00746. The molecule has 0 fully saturated rings. The Bertz CT molecular complexity index is 317. The van der Waals surface area contributed by atoms with Gasteiger partial charge in [0.1, 0.15) is 5.75 Å². The highest BCUT2D eigenvalue weighted by atomic mass is 19.1. The molecule has 14 heavy (non-hydrogen) atoms. The lowest BCUT2D eigenvalue weighted by Crippen LogP contribution is -2.08. The van der Waals surface area contributed by atoms with E-state index in [1.807, 2.05) is 5.48 Å². The van der Waals surface area contributed by atoms with Crippen molar-refractivity contribution in [3.63, 3.8) is 0 Å². The van der Waals surface area contributed by atoms with Gasteiger partial charge in [0.15, 0.2) is 11.6 Å². The van der Waals surface area contributed by atoms with Crippen LogP contribution < -0.4 is 15.0 Å². The number of halogens is 1. The fourth-order valence-corrected chi connectivity index (χ4v) is 1.15. The fraction of sp³-hybridized carbons (Fsp3) is 0.333. The number of nitrogens with one attached hydrogen (secondary N) is 1. The van der Waals surface area contributed by atoms with Gasteiger partial charge in [-0.2, -0.15) is 0 Å². The molecule has 0 bridgehead atoms. The van der Waals surface area contributed by atoms with Crippen molar-refractivity contribution in [3.8, 4) is 11.5 Å². The van der Waals surface area contributed by atoms with Crippen LogP contribution in [0.4, 0.5) is 4.39 Å². The fourth-order valence-electron chi connectivity index (χ4n) is 1.15. The summed E-state index contributed by atoms with van der Waals surface area (Å²) in [6, 6.07) is 2.68. The maximum absolute atomic E-state index is 13.2. The van der Waals surface area contributed by atoms with Crippen LogP contribution in [0.3, 0.4) is 0 Å². The predicted octanol–water partition coefficient (Wildman–Crippen LogP) is 1.32. The zero-order valence-corrected chi connectivity index (χ0v) is 8.00. The van der Waals surface area contributed by atoms with Crippen LogP contribution in [0.2, 0.25) is 0 Å². The second-order valence-electron chi connectivity index (χ2n) is 2.63. The highest BCUT2D eigenvalue weighted by Crippen LogP contribution is 2.27. The predicted molar refractivity (Wildman–Crippen MR) is 48.1 cm³/mol. The van der Waals surface area contributed by atoms with Gasteiger partial charge in [-0.1, -0.05) is 0 Å². The second-order valence-corrected chi connectivity index (χ2v) is 2.63. The van der Waals surface area contributed by atoms with Crippen LogP contribution in [0.15, 0.2) is 12.1 Å². The molecule has 0 spiro atoms. The van der Waals surface area contributed by atoms with Crippen LogP contribution in [0.5, 0.6) is 11.5 Å². The average Bonchev–Trinajstić information content (AvgIpc) is 2.20. The van der Waals surface area contributed by atoms with E-state index in [-0.39, 0.29) is 12.3 Å². The third kappa shape index (κ3) is 2.12. The Morgan fingerprint density at radius 1 is 1.29 bits per heavy atom. The van der Waals surface area contributed by atoms with E-state index in [1.165, 1.54) is 26.4 Å². The van der Waals surface area contributed by atoms with Gasteiger partial charge in [0, 0.05) is 18.2 Å². The minimum atomic E-state index is -0.494. The Morgan fingerprint density at radius 2 is 1.93 bits per heavy atom. The molecule has 0 saturated heterocycles. The van der Waals surface area contributed by atoms with Gasteiger partial charge >= 0.3 is 0 Å². The van der Waals surface area contributed by atoms with E-state index in [0.717, 1.165) is 0 Å². The van der Waals surface area contributed by atoms with Gasteiger partial charge in [0.05, 0.1) is 14.2 Å². The van der Waals surface area contributed by atoms with Crippen LogP contribution in [0.25, 0.3) is 0 Å². The summed E-state index contributed by atoms with van der Waals surface area (Å²) in [5.41, 5.74) is 2.59. The van der Waals surface area contributed by atoms with Gasteiger partial charge in [-0.3, -0.25) is 0 Å². The van der Waals surface area contributed by atoms with Crippen molar-refractivity contribution in [1.82, 2.24) is 5.48 Å². The SMILES string of the molecule is COc1cc(CNO)c(OC)cc1F. The van der Waals surface area contributed by atoms with E-state index in [1.54, 1.807) is 0 Å². The highest BCUT2D eigenvalue weighted by Gasteiger charge is 2.10. The van der Waals surface area contributed by atoms with Crippen molar-refractivity contribution in [2.24, 2.45) is 0 Å². The van der Waals surface area contributed by atoms with Crippen LogP contribution in [-0.4, -0.2) is 19.4 Å². The van der Waals surface area contributed by atoms with Gasteiger partial charge in [-0.05, 0) is 6.07 Å². The summed E-state index contributed by atoms with van der Waals surface area (Å²) in [6.45, 7) is 0.166. The first-order chi connectivity index (χ1) is 6.72. The smallest absolute Gasteiger partial charge is 0.168 e. The number of rotatable bonds is 4. The first-order valence-electron chi connectivity index (χ1n) is 4.00. The molecule has 1 rings (SSSR count). The Labute approximate surface area is 81.2 Å². The molecule has 78 valence electrons. The molecular weight excluding hydrogens is 189 g/mol. The number of ether oxygens (including phenoxy) is 2. The summed E-state index contributed by atoms with van der Waals surface area (Å²) in [6.07, 6.45) is 0. The lowest BCUT2D eigenvalue weighted by atomic mass is 10.2. The zero-order chi connectivity index (χ0) is 10.6. The third-order valence-electron chi connectivity index (χ3n) is 1.82. The van der Waals surface area contributed by atoms with Crippen LogP contribution >= 0.6 is 0 Å². The molecule has 1 aromatic carbocycles. The molecule has 5 heteroatoms. The number of hydroxylamine groups is 1. The van der Waals surface area contributed by atoms with Crippen LogP contribution in [0.1, 0.15) is 5.56 Å².